The molecule has 28 heavy (non-hydrogen) atoms. The minimum atomic E-state index is -1.12. The third-order valence-electron chi connectivity index (χ3n) is 3.94. The highest BCUT2D eigenvalue weighted by atomic mass is 35.5. The number of esters is 1. The Bertz CT molecular complexity index is 1170. The number of ether oxygens (including phenoxy) is 1. The first-order valence-corrected chi connectivity index (χ1v) is 8.71. The van der Waals surface area contributed by atoms with Crippen LogP contribution in [0.1, 0.15) is 6.92 Å². The molecular weight excluding hydrogens is 386 g/mol. The quantitative estimate of drug-likeness (QED) is 0.634. The minimum absolute atomic E-state index is 0.186. The Labute approximate surface area is 163 Å². The molecule has 1 amide bonds. The second-order valence-corrected chi connectivity index (χ2v) is 6.45. The van der Waals surface area contributed by atoms with Gasteiger partial charge in [-0.05, 0) is 37.3 Å². The van der Waals surface area contributed by atoms with Gasteiger partial charge in [-0.15, -0.1) is 0 Å². The van der Waals surface area contributed by atoms with Gasteiger partial charge in [0.25, 0.3) is 17.0 Å². The number of carbonyl (C=O) groups is 2. The third kappa shape index (κ3) is 4.29. The molecule has 0 aliphatic heterocycles. The summed E-state index contributed by atoms with van der Waals surface area (Å²) in [6.45, 7) is 0.859. The van der Waals surface area contributed by atoms with E-state index in [-0.39, 0.29) is 10.8 Å². The number of halogens is 1. The molecule has 0 spiro atoms. The van der Waals surface area contributed by atoms with E-state index >= 15 is 0 Å². The van der Waals surface area contributed by atoms with E-state index in [9.17, 15) is 19.2 Å². The number of benzene rings is 2. The highest BCUT2D eigenvalue weighted by Crippen LogP contribution is 2.15. The number of fused-ring (bicyclic) bond motifs is 1. The Balaban J connectivity index is 1.69. The summed E-state index contributed by atoms with van der Waals surface area (Å²) in [5.41, 5.74) is -0.589. The molecule has 9 heteroatoms. The van der Waals surface area contributed by atoms with Crippen molar-refractivity contribution in [1.29, 1.82) is 0 Å². The van der Waals surface area contributed by atoms with Gasteiger partial charge in [-0.3, -0.25) is 24.3 Å². The van der Waals surface area contributed by atoms with Crippen LogP contribution in [-0.4, -0.2) is 27.8 Å². The zero-order chi connectivity index (χ0) is 20.3. The maximum absolute atomic E-state index is 12.4. The van der Waals surface area contributed by atoms with Crippen molar-refractivity contribution in [2.75, 3.05) is 5.32 Å². The standard InChI is InChI=1S/C19H16ClN3O5/c1-11(17(25)21-13-6-4-5-12(20)9-13)28-16(24)10-23-19(27)15-8-3-2-7-14(15)18(26)22-23/h2-9,11H,10H2,1H3,(H,21,25)(H,22,26)/t11-/m1/s1. The smallest absolute Gasteiger partial charge is 0.328 e. The average Bonchev–Trinajstić information content (AvgIpc) is 2.66. The average molecular weight is 402 g/mol. The second kappa shape index (κ2) is 8.10. The summed E-state index contributed by atoms with van der Waals surface area (Å²) in [6, 6.07) is 12.8. The Hall–Kier alpha value is -3.39. The van der Waals surface area contributed by atoms with E-state index in [1.54, 1.807) is 36.4 Å². The third-order valence-corrected chi connectivity index (χ3v) is 4.18. The van der Waals surface area contributed by atoms with Crippen LogP contribution in [0.15, 0.2) is 58.1 Å². The molecule has 2 N–H and O–H groups in total. The van der Waals surface area contributed by atoms with E-state index in [1.807, 2.05) is 0 Å². The van der Waals surface area contributed by atoms with E-state index in [4.69, 9.17) is 16.3 Å². The Morgan fingerprint density at radius 1 is 1.14 bits per heavy atom. The zero-order valence-electron chi connectivity index (χ0n) is 14.8. The fourth-order valence-electron chi connectivity index (χ4n) is 2.59. The van der Waals surface area contributed by atoms with Crippen LogP contribution in [0.3, 0.4) is 0 Å². The molecule has 0 radical (unpaired) electrons. The molecular formula is C19H16ClN3O5. The summed E-state index contributed by atoms with van der Waals surface area (Å²) in [4.78, 5) is 48.7. The van der Waals surface area contributed by atoms with Gasteiger partial charge in [0.2, 0.25) is 0 Å². The molecule has 1 aromatic heterocycles. The van der Waals surface area contributed by atoms with Gasteiger partial charge in [0.05, 0.1) is 10.8 Å². The number of carbonyl (C=O) groups excluding carboxylic acids is 2. The van der Waals surface area contributed by atoms with Crippen LogP contribution < -0.4 is 16.4 Å². The monoisotopic (exact) mass is 401 g/mol. The van der Waals surface area contributed by atoms with E-state index in [0.29, 0.717) is 10.7 Å². The highest BCUT2D eigenvalue weighted by Gasteiger charge is 2.19. The van der Waals surface area contributed by atoms with Crippen LogP contribution in [0.2, 0.25) is 5.02 Å². The van der Waals surface area contributed by atoms with Gasteiger partial charge in [-0.1, -0.05) is 29.8 Å². The van der Waals surface area contributed by atoms with E-state index in [2.05, 4.69) is 10.4 Å². The first kappa shape index (κ1) is 19.4. The van der Waals surface area contributed by atoms with Gasteiger partial charge < -0.3 is 10.1 Å². The largest absolute Gasteiger partial charge is 0.451 e. The predicted molar refractivity (Wildman–Crippen MR) is 104 cm³/mol. The molecule has 1 atom stereocenters. The van der Waals surface area contributed by atoms with Crippen molar-refractivity contribution < 1.29 is 14.3 Å². The lowest BCUT2D eigenvalue weighted by molar-refractivity contribution is -0.154. The number of H-pyrrole nitrogens is 1. The lowest BCUT2D eigenvalue weighted by Crippen LogP contribution is -2.35. The molecule has 2 aromatic carbocycles. The van der Waals surface area contributed by atoms with Gasteiger partial charge in [0, 0.05) is 10.7 Å². The van der Waals surface area contributed by atoms with E-state index in [1.165, 1.54) is 19.1 Å². The summed E-state index contributed by atoms with van der Waals surface area (Å²) >= 11 is 5.85. The summed E-state index contributed by atoms with van der Waals surface area (Å²) in [5.74, 6) is -1.41. The van der Waals surface area contributed by atoms with Crippen molar-refractivity contribution in [3.8, 4) is 0 Å². The maximum Gasteiger partial charge on any atom is 0.328 e. The molecule has 8 nitrogen and oxygen atoms in total. The number of aromatic nitrogens is 2. The normalized spacial score (nSPS) is 11.8. The van der Waals surface area contributed by atoms with Gasteiger partial charge in [0.15, 0.2) is 6.10 Å². The van der Waals surface area contributed by atoms with Crippen LogP contribution in [0.5, 0.6) is 0 Å². The Kier molecular flexibility index (Phi) is 5.60. The lowest BCUT2D eigenvalue weighted by Gasteiger charge is -2.14. The van der Waals surface area contributed by atoms with Crippen molar-refractivity contribution in [2.45, 2.75) is 19.6 Å². The Morgan fingerprint density at radius 2 is 1.86 bits per heavy atom. The summed E-state index contributed by atoms with van der Waals surface area (Å²) in [5, 5.41) is 5.76. The number of nitrogens with zero attached hydrogens (tertiary/aromatic N) is 1. The van der Waals surface area contributed by atoms with Crippen molar-refractivity contribution in [2.24, 2.45) is 0 Å². The number of anilines is 1. The molecule has 144 valence electrons. The van der Waals surface area contributed by atoms with Gasteiger partial charge in [-0.2, -0.15) is 0 Å². The fraction of sp³-hybridized carbons (Fsp3) is 0.158. The van der Waals surface area contributed by atoms with Crippen molar-refractivity contribution in [3.63, 3.8) is 0 Å². The summed E-state index contributed by atoms with van der Waals surface area (Å²) < 4.78 is 5.92. The molecule has 0 saturated carbocycles. The van der Waals surface area contributed by atoms with E-state index < -0.39 is 35.6 Å². The maximum atomic E-state index is 12.4. The lowest BCUT2D eigenvalue weighted by atomic mass is 10.2. The van der Waals surface area contributed by atoms with Crippen molar-refractivity contribution >= 4 is 39.9 Å². The molecule has 0 fully saturated rings. The molecule has 0 bridgehead atoms. The number of aromatic amines is 1. The van der Waals surface area contributed by atoms with Gasteiger partial charge >= 0.3 is 5.97 Å². The second-order valence-electron chi connectivity index (χ2n) is 6.01. The van der Waals surface area contributed by atoms with Gasteiger partial charge in [0.1, 0.15) is 6.54 Å². The molecule has 1 heterocycles. The summed E-state index contributed by atoms with van der Waals surface area (Å²) in [7, 11) is 0. The van der Waals surface area contributed by atoms with Crippen LogP contribution >= 0.6 is 11.6 Å². The number of nitrogens with one attached hydrogen (secondary N) is 2. The van der Waals surface area contributed by atoms with Crippen LogP contribution in [0.4, 0.5) is 5.69 Å². The van der Waals surface area contributed by atoms with Crippen molar-refractivity contribution in [3.05, 3.63) is 74.3 Å². The van der Waals surface area contributed by atoms with Crippen LogP contribution in [-0.2, 0) is 20.9 Å². The molecule has 0 unspecified atom stereocenters. The fourth-order valence-corrected chi connectivity index (χ4v) is 2.78. The van der Waals surface area contributed by atoms with Crippen LogP contribution in [0, 0.1) is 0 Å². The minimum Gasteiger partial charge on any atom is -0.451 e. The first-order chi connectivity index (χ1) is 13.3. The van der Waals surface area contributed by atoms with Crippen molar-refractivity contribution in [1.82, 2.24) is 9.78 Å². The predicted octanol–water partition coefficient (Wildman–Crippen LogP) is 1.91. The number of hydrogen-bond donors (Lipinski definition) is 2. The Morgan fingerprint density at radius 3 is 2.57 bits per heavy atom. The zero-order valence-corrected chi connectivity index (χ0v) is 15.5. The molecule has 3 rings (SSSR count). The number of hydrogen-bond acceptors (Lipinski definition) is 5. The molecule has 3 aromatic rings. The number of rotatable bonds is 5. The van der Waals surface area contributed by atoms with Crippen LogP contribution in [0.25, 0.3) is 10.8 Å². The SMILES string of the molecule is C[C@@H](OC(=O)Cn1[nH]c(=O)c2ccccc2c1=O)C(=O)Nc1cccc(Cl)c1. The first-order valence-electron chi connectivity index (χ1n) is 8.33. The van der Waals surface area contributed by atoms with E-state index in [0.717, 1.165) is 4.68 Å². The molecule has 0 aliphatic rings. The molecule has 0 aliphatic carbocycles. The summed E-state index contributed by atoms with van der Waals surface area (Å²) in [6.07, 6.45) is -1.12. The highest BCUT2D eigenvalue weighted by molar-refractivity contribution is 6.30. The topological polar surface area (TPSA) is 110 Å². The number of amides is 1. The molecule has 0 saturated heterocycles. The van der Waals surface area contributed by atoms with Gasteiger partial charge in [-0.25, -0.2) is 4.68 Å².